The summed E-state index contributed by atoms with van der Waals surface area (Å²) in [4.78, 5) is 15.2. The highest BCUT2D eigenvalue weighted by molar-refractivity contribution is 5.78. The van der Waals surface area contributed by atoms with Gasteiger partial charge in [-0.25, -0.2) is 0 Å². The Morgan fingerprint density at radius 3 is 2.41 bits per heavy atom. The molecule has 1 amide bonds. The standard InChI is InChI=1S/C27H36N2O5/c1-32-22-15-20(16-23(33-2)26(22)34-3)25-21-11-7-8-12-27(21,31)13-14-29(25)18-24(30)28-17-19-9-5-4-6-10-19/h4-6,9-10,15-16,21,25,31H,7-8,11-14,17-18H2,1-3H3,(H,28,30)/t21-,25+,27+/m1/s1. The third kappa shape index (κ3) is 5.00. The Balaban J connectivity index is 1.62. The molecule has 0 aromatic heterocycles. The summed E-state index contributed by atoms with van der Waals surface area (Å²) < 4.78 is 16.7. The molecule has 7 heteroatoms. The van der Waals surface area contributed by atoms with E-state index >= 15 is 0 Å². The second-order valence-electron chi connectivity index (χ2n) is 9.34. The van der Waals surface area contributed by atoms with Crippen molar-refractivity contribution in [1.82, 2.24) is 10.2 Å². The van der Waals surface area contributed by atoms with Gasteiger partial charge in [0.25, 0.3) is 0 Å². The van der Waals surface area contributed by atoms with Gasteiger partial charge < -0.3 is 24.6 Å². The first-order valence-corrected chi connectivity index (χ1v) is 12.1. The van der Waals surface area contributed by atoms with Crippen LogP contribution in [0, 0.1) is 5.92 Å². The topological polar surface area (TPSA) is 80.3 Å². The number of nitrogens with one attached hydrogen (secondary N) is 1. The Labute approximate surface area is 202 Å². The lowest BCUT2D eigenvalue weighted by atomic mass is 9.66. The van der Waals surface area contributed by atoms with Gasteiger partial charge in [-0.05, 0) is 42.5 Å². The van der Waals surface area contributed by atoms with Crippen LogP contribution in [0.3, 0.4) is 0 Å². The minimum Gasteiger partial charge on any atom is -0.493 e. The molecule has 2 N–H and O–H groups in total. The summed E-state index contributed by atoms with van der Waals surface area (Å²) in [6.07, 6.45) is 4.49. The first-order valence-electron chi connectivity index (χ1n) is 12.1. The first kappa shape index (κ1) is 24.4. The Bertz CT molecular complexity index is 957. The molecule has 0 spiro atoms. The van der Waals surface area contributed by atoms with Crippen LogP contribution in [-0.4, -0.2) is 55.9 Å². The van der Waals surface area contributed by atoms with Crippen molar-refractivity contribution in [3.05, 3.63) is 53.6 Å². The average Bonchev–Trinajstić information content (AvgIpc) is 2.87. The molecule has 1 aliphatic carbocycles. The minimum atomic E-state index is -0.722. The molecule has 34 heavy (non-hydrogen) atoms. The van der Waals surface area contributed by atoms with Crippen molar-refractivity contribution in [2.45, 2.75) is 50.3 Å². The third-order valence-corrected chi connectivity index (χ3v) is 7.38. The summed E-state index contributed by atoms with van der Waals surface area (Å²) in [5.74, 6) is 1.70. The second kappa shape index (κ2) is 10.7. The number of hydrogen-bond donors (Lipinski definition) is 2. The average molecular weight is 469 g/mol. The van der Waals surface area contributed by atoms with Crippen LogP contribution < -0.4 is 19.5 Å². The third-order valence-electron chi connectivity index (χ3n) is 7.38. The van der Waals surface area contributed by atoms with Gasteiger partial charge in [0.2, 0.25) is 11.7 Å². The van der Waals surface area contributed by atoms with Gasteiger partial charge in [-0.15, -0.1) is 0 Å². The summed E-state index contributed by atoms with van der Waals surface area (Å²) in [6.45, 7) is 1.41. The van der Waals surface area contributed by atoms with Gasteiger partial charge in [0, 0.05) is 25.0 Å². The number of nitrogens with zero attached hydrogens (tertiary/aromatic N) is 1. The van der Waals surface area contributed by atoms with E-state index in [4.69, 9.17) is 14.2 Å². The van der Waals surface area contributed by atoms with Crippen LogP contribution in [0.5, 0.6) is 17.2 Å². The molecule has 3 atom stereocenters. The lowest BCUT2D eigenvalue weighted by Crippen LogP contribution is -2.56. The molecule has 0 radical (unpaired) electrons. The lowest BCUT2D eigenvalue weighted by Gasteiger charge is -2.52. The molecule has 1 saturated heterocycles. The number of carbonyl (C=O) groups is 1. The van der Waals surface area contributed by atoms with E-state index in [0.29, 0.717) is 36.8 Å². The number of amides is 1. The summed E-state index contributed by atoms with van der Waals surface area (Å²) in [5.41, 5.74) is 1.31. The molecule has 2 aromatic carbocycles. The van der Waals surface area contributed by atoms with Gasteiger partial charge in [-0.1, -0.05) is 43.2 Å². The molecule has 184 valence electrons. The number of carbonyl (C=O) groups excluding carboxylic acids is 1. The summed E-state index contributed by atoms with van der Waals surface area (Å²) in [7, 11) is 4.80. The zero-order valence-corrected chi connectivity index (χ0v) is 20.4. The largest absolute Gasteiger partial charge is 0.493 e. The molecule has 4 rings (SSSR count). The van der Waals surface area contributed by atoms with E-state index in [1.54, 1.807) is 21.3 Å². The SMILES string of the molecule is COc1cc([C@H]2[C@H]3CCCC[C@]3(O)CCN2CC(=O)NCc2ccccc2)cc(OC)c1OC. The first-order chi connectivity index (χ1) is 16.5. The van der Waals surface area contributed by atoms with Crippen molar-refractivity contribution in [3.63, 3.8) is 0 Å². The van der Waals surface area contributed by atoms with E-state index in [-0.39, 0.29) is 24.4 Å². The molecule has 0 unspecified atom stereocenters. The van der Waals surface area contributed by atoms with Crippen LogP contribution in [0.2, 0.25) is 0 Å². The van der Waals surface area contributed by atoms with Crippen molar-refractivity contribution < 1.29 is 24.1 Å². The predicted octanol–water partition coefficient (Wildman–Crippen LogP) is 3.70. The fourth-order valence-electron chi connectivity index (χ4n) is 5.67. The van der Waals surface area contributed by atoms with Crippen LogP contribution >= 0.6 is 0 Å². The Morgan fingerprint density at radius 2 is 1.76 bits per heavy atom. The van der Waals surface area contributed by atoms with Crippen LogP contribution in [0.25, 0.3) is 0 Å². The maximum atomic E-state index is 13.0. The molecule has 1 saturated carbocycles. The number of aliphatic hydroxyl groups is 1. The molecule has 1 heterocycles. The van der Waals surface area contributed by atoms with E-state index in [1.165, 1.54) is 0 Å². The Kier molecular flexibility index (Phi) is 7.63. The Hall–Kier alpha value is -2.77. The predicted molar refractivity (Wildman–Crippen MR) is 130 cm³/mol. The van der Waals surface area contributed by atoms with Crippen LogP contribution in [0.4, 0.5) is 0 Å². The zero-order chi connectivity index (χ0) is 24.1. The summed E-state index contributed by atoms with van der Waals surface area (Å²) >= 11 is 0. The molecule has 1 aliphatic heterocycles. The number of piperidine rings is 1. The Morgan fingerprint density at radius 1 is 1.06 bits per heavy atom. The van der Waals surface area contributed by atoms with E-state index in [0.717, 1.165) is 36.8 Å². The van der Waals surface area contributed by atoms with E-state index < -0.39 is 5.60 Å². The minimum absolute atomic E-state index is 0.0254. The van der Waals surface area contributed by atoms with E-state index in [9.17, 15) is 9.90 Å². The van der Waals surface area contributed by atoms with Crippen molar-refractivity contribution >= 4 is 5.91 Å². The fourth-order valence-corrected chi connectivity index (χ4v) is 5.67. The van der Waals surface area contributed by atoms with Crippen LogP contribution in [0.1, 0.15) is 49.3 Å². The van der Waals surface area contributed by atoms with E-state index in [2.05, 4.69) is 10.2 Å². The maximum absolute atomic E-state index is 13.0. The van der Waals surface area contributed by atoms with Crippen LogP contribution in [-0.2, 0) is 11.3 Å². The van der Waals surface area contributed by atoms with Gasteiger partial charge in [0.05, 0.1) is 33.5 Å². The fraction of sp³-hybridized carbons (Fsp3) is 0.519. The number of rotatable bonds is 8. The number of likely N-dealkylation sites (tertiary alicyclic amines) is 1. The van der Waals surface area contributed by atoms with Gasteiger partial charge in [-0.2, -0.15) is 0 Å². The maximum Gasteiger partial charge on any atom is 0.234 e. The smallest absolute Gasteiger partial charge is 0.234 e. The van der Waals surface area contributed by atoms with Crippen molar-refractivity contribution in [1.29, 1.82) is 0 Å². The van der Waals surface area contributed by atoms with Gasteiger partial charge >= 0.3 is 0 Å². The number of methoxy groups -OCH3 is 3. The molecule has 7 nitrogen and oxygen atoms in total. The summed E-state index contributed by atoms with van der Waals surface area (Å²) in [5, 5.41) is 14.6. The quantitative estimate of drug-likeness (QED) is 0.615. The monoisotopic (exact) mass is 468 g/mol. The number of ether oxygens (including phenoxy) is 3. The molecular weight excluding hydrogens is 432 g/mol. The highest BCUT2D eigenvalue weighted by Gasteiger charge is 2.49. The number of benzene rings is 2. The molecule has 0 bridgehead atoms. The van der Waals surface area contributed by atoms with E-state index in [1.807, 2.05) is 42.5 Å². The van der Waals surface area contributed by atoms with Gasteiger partial charge in [0.1, 0.15) is 0 Å². The zero-order valence-electron chi connectivity index (χ0n) is 20.4. The highest BCUT2D eigenvalue weighted by Crippen LogP contribution is 2.51. The molecule has 2 aliphatic rings. The lowest BCUT2D eigenvalue weighted by molar-refractivity contribution is -0.138. The van der Waals surface area contributed by atoms with Crippen molar-refractivity contribution in [2.75, 3.05) is 34.4 Å². The van der Waals surface area contributed by atoms with Crippen LogP contribution in [0.15, 0.2) is 42.5 Å². The molecule has 2 aromatic rings. The highest BCUT2D eigenvalue weighted by atomic mass is 16.5. The normalized spacial score (nSPS) is 24.7. The van der Waals surface area contributed by atoms with Gasteiger partial charge in [-0.3, -0.25) is 9.69 Å². The number of fused-ring (bicyclic) bond motifs is 1. The van der Waals surface area contributed by atoms with Gasteiger partial charge in [0.15, 0.2) is 11.5 Å². The summed E-state index contributed by atoms with van der Waals surface area (Å²) in [6, 6.07) is 13.7. The molecule has 2 fully saturated rings. The second-order valence-corrected chi connectivity index (χ2v) is 9.34. The number of hydrogen-bond acceptors (Lipinski definition) is 6. The molecular formula is C27H36N2O5. The van der Waals surface area contributed by atoms with Crippen molar-refractivity contribution in [3.8, 4) is 17.2 Å². The van der Waals surface area contributed by atoms with Crippen molar-refractivity contribution in [2.24, 2.45) is 5.92 Å².